The van der Waals surface area contributed by atoms with Crippen LogP contribution in [0.5, 0.6) is 0 Å². The van der Waals surface area contributed by atoms with Crippen molar-refractivity contribution in [2.45, 2.75) is 104 Å². The summed E-state index contributed by atoms with van der Waals surface area (Å²) in [6.45, 7) is 13.4. The fourth-order valence-electron chi connectivity index (χ4n) is 7.90. The monoisotopic (exact) mass is 866 g/mol. The van der Waals surface area contributed by atoms with Gasteiger partial charge in [-0.2, -0.15) is 0 Å². The molecule has 0 spiro atoms. The van der Waals surface area contributed by atoms with E-state index in [0.717, 1.165) is 16.8 Å². The molecule has 63 heavy (non-hydrogen) atoms. The topological polar surface area (TPSA) is 167 Å². The van der Waals surface area contributed by atoms with Gasteiger partial charge in [-0.05, 0) is 84.0 Å². The van der Waals surface area contributed by atoms with Crippen LogP contribution in [0, 0.1) is 10.8 Å². The molecule has 3 aromatic rings. The predicted octanol–water partition coefficient (Wildman–Crippen LogP) is 6.12. The molecule has 0 radical (unpaired) electrons. The summed E-state index contributed by atoms with van der Waals surface area (Å²) >= 11 is 0. The van der Waals surface area contributed by atoms with E-state index < -0.39 is 35.0 Å². The van der Waals surface area contributed by atoms with E-state index >= 15 is 0 Å². The molecule has 8 amide bonds. The van der Waals surface area contributed by atoms with E-state index in [1.807, 2.05) is 108 Å². The molecule has 0 saturated carbocycles. The van der Waals surface area contributed by atoms with Crippen molar-refractivity contribution in [3.63, 3.8) is 0 Å². The summed E-state index contributed by atoms with van der Waals surface area (Å²) in [5.74, 6) is -1.07. The fraction of sp³-hybridized carbons (Fsp3) is 0.500. The largest absolute Gasteiger partial charge is 0.363 e. The van der Waals surface area contributed by atoms with Crippen LogP contribution in [-0.2, 0) is 32.3 Å². The highest BCUT2D eigenvalue weighted by Gasteiger charge is 2.43. The standard InChI is InChI=1S/C48H67N9O6/c1-47(2,3)39(51-45(62)53(7)8)43(60)56-28-14-18-37(56)41(58)49-34-24-20-32(21-25-34)30-55(36-16-12-11-13-17-36)31-33-22-26-35(27-23-33)50-42(59)38-19-15-29-57(38)44(61)40(48(4,5)6)52-46(63)54(9)10/h11-13,16-17,20-27,37-40H,14-15,18-19,28-31H2,1-10H3,(H,49,58)(H,50,59)(H,51,62)(H,52,63)/t37-,38?,39+,40+/m0/s1. The summed E-state index contributed by atoms with van der Waals surface area (Å²) in [6.07, 6.45) is 2.44. The summed E-state index contributed by atoms with van der Waals surface area (Å²) in [4.78, 5) is 88.2. The zero-order valence-electron chi connectivity index (χ0n) is 38.7. The lowest BCUT2D eigenvalue weighted by Gasteiger charge is -2.36. The first kappa shape index (κ1) is 47.9. The maximum atomic E-state index is 13.8. The van der Waals surface area contributed by atoms with E-state index in [1.165, 1.54) is 9.80 Å². The van der Waals surface area contributed by atoms with Crippen LogP contribution in [0.1, 0.15) is 78.4 Å². The fourth-order valence-corrected chi connectivity index (χ4v) is 7.90. The Morgan fingerprint density at radius 2 is 0.937 bits per heavy atom. The average Bonchev–Trinajstić information content (AvgIpc) is 3.93. The van der Waals surface area contributed by atoms with Crippen LogP contribution in [-0.4, -0.2) is 121 Å². The van der Waals surface area contributed by atoms with Crippen LogP contribution < -0.4 is 26.2 Å². The molecule has 15 heteroatoms. The molecule has 3 aromatic carbocycles. The number of amides is 8. The highest BCUT2D eigenvalue weighted by atomic mass is 16.2. The van der Waals surface area contributed by atoms with E-state index in [2.05, 4.69) is 38.3 Å². The van der Waals surface area contributed by atoms with Crippen LogP contribution in [0.15, 0.2) is 78.9 Å². The van der Waals surface area contributed by atoms with Crippen LogP contribution in [0.25, 0.3) is 0 Å². The van der Waals surface area contributed by atoms with Gasteiger partial charge in [-0.3, -0.25) is 19.2 Å². The van der Waals surface area contributed by atoms with Crippen molar-refractivity contribution in [1.82, 2.24) is 30.2 Å². The minimum Gasteiger partial charge on any atom is -0.363 e. The number of rotatable bonds is 13. The van der Waals surface area contributed by atoms with Crippen LogP contribution in [0.4, 0.5) is 26.7 Å². The second-order valence-electron chi connectivity index (χ2n) is 19.2. The Balaban J connectivity index is 1.22. The van der Waals surface area contributed by atoms with Crippen molar-refractivity contribution in [2.75, 3.05) is 56.8 Å². The number of nitrogens with one attached hydrogen (secondary N) is 4. The lowest BCUT2D eigenvalue weighted by molar-refractivity contribution is -0.140. The number of hydrogen-bond donors (Lipinski definition) is 4. The second-order valence-corrected chi connectivity index (χ2v) is 19.2. The van der Waals surface area contributed by atoms with Gasteiger partial charge in [0.25, 0.3) is 0 Å². The van der Waals surface area contributed by atoms with Crippen molar-refractivity contribution in [3.8, 4) is 0 Å². The highest BCUT2D eigenvalue weighted by Crippen LogP contribution is 2.29. The summed E-state index contributed by atoms with van der Waals surface area (Å²) in [7, 11) is 6.49. The van der Waals surface area contributed by atoms with Gasteiger partial charge in [0.15, 0.2) is 0 Å². The Morgan fingerprint density at radius 1 is 0.571 bits per heavy atom. The Labute approximate surface area is 372 Å². The van der Waals surface area contributed by atoms with Gasteiger partial charge in [-0.15, -0.1) is 0 Å². The Hall–Kier alpha value is -6.12. The molecule has 5 rings (SSSR count). The number of likely N-dealkylation sites (tertiary alicyclic amines) is 2. The molecule has 0 aromatic heterocycles. The summed E-state index contributed by atoms with van der Waals surface area (Å²) < 4.78 is 0. The van der Waals surface area contributed by atoms with Gasteiger partial charge < -0.3 is 45.8 Å². The lowest BCUT2D eigenvalue weighted by atomic mass is 9.85. The van der Waals surface area contributed by atoms with E-state index in [4.69, 9.17) is 0 Å². The van der Waals surface area contributed by atoms with Crippen LogP contribution >= 0.6 is 0 Å². The quantitative estimate of drug-likeness (QED) is 0.161. The molecule has 15 nitrogen and oxygen atoms in total. The number of nitrogens with zero attached hydrogens (tertiary/aromatic N) is 5. The van der Waals surface area contributed by atoms with Crippen LogP contribution in [0.2, 0.25) is 0 Å². The molecular weight excluding hydrogens is 799 g/mol. The third kappa shape index (κ3) is 12.5. The molecule has 2 aliphatic heterocycles. The Kier molecular flexibility index (Phi) is 15.5. The number of urea groups is 2. The van der Waals surface area contributed by atoms with Gasteiger partial charge in [0.05, 0.1) is 0 Å². The molecule has 340 valence electrons. The molecule has 4 atom stereocenters. The first-order valence-corrected chi connectivity index (χ1v) is 21.8. The van der Waals surface area contributed by atoms with Crippen molar-refractivity contribution < 1.29 is 28.8 Å². The third-order valence-electron chi connectivity index (χ3n) is 11.6. The molecule has 2 heterocycles. The van der Waals surface area contributed by atoms with E-state index in [1.54, 1.807) is 38.0 Å². The maximum absolute atomic E-state index is 13.8. The van der Waals surface area contributed by atoms with Gasteiger partial charge >= 0.3 is 12.1 Å². The molecule has 0 aliphatic carbocycles. The first-order valence-electron chi connectivity index (χ1n) is 21.8. The zero-order chi connectivity index (χ0) is 46.2. The molecule has 4 N–H and O–H groups in total. The number of anilines is 3. The minimum absolute atomic E-state index is 0.264. The lowest BCUT2D eigenvalue weighted by Crippen LogP contribution is -2.58. The smallest absolute Gasteiger partial charge is 0.317 e. The van der Waals surface area contributed by atoms with Crippen molar-refractivity contribution in [2.24, 2.45) is 10.8 Å². The van der Waals surface area contributed by atoms with Gasteiger partial charge in [0.1, 0.15) is 24.2 Å². The molecule has 0 bridgehead atoms. The summed E-state index contributed by atoms with van der Waals surface area (Å²) in [5.41, 5.74) is 3.18. The van der Waals surface area contributed by atoms with E-state index in [9.17, 15) is 28.8 Å². The number of para-hydroxylation sites is 1. The number of carbonyl (C=O) groups excluding carboxylic acids is 6. The minimum atomic E-state index is -0.795. The molecule has 2 fully saturated rings. The van der Waals surface area contributed by atoms with Gasteiger partial charge in [-0.25, -0.2) is 9.59 Å². The van der Waals surface area contributed by atoms with Gasteiger partial charge in [-0.1, -0.05) is 84.0 Å². The molecular formula is C48H67N9O6. The summed E-state index contributed by atoms with van der Waals surface area (Å²) in [6, 6.07) is 21.8. The van der Waals surface area contributed by atoms with Gasteiger partial charge in [0, 0.05) is 71.4 Å². The third-order valence-corrected chi connectivity index (χ3v) is 11.6. The average molecular weight is 866 g/mol. The maximum Gasteiger partial charge on any atom is 0.317 e. The molecule has 1 unspecified atom stereocenters. The molecule has 2 saturated heterocycles. The highest BCUT2D eigenvalue weighted by molar-refractivity contribution is 6.00. The second kappa shape index (κ2) is 20.4. The van der Waals surface area contributed by atoms with E-state index in [-0.39, 0.29) is 35.7 Å². The molecule has 2 aliphatic rings. The van der Waals surface area contributed by atoms with Gasteiger partial charge in [0.2, 0.25) is 23.6 Å². The number of hydrogen-bond acceptors (Lipinski definition) is 7. The first-order chi connectivity index (χ1) is 29.6. The predicted molar refractivity (Wildman–Crippen MR) is 247 cm³/mol. The zero-order valence-corrected chi connectivity index (χ0v) is 38.7. The number of carbonyl (C=O) groups is 6. The Morgan fingerprint density at radius 3 is 1.27 bits per heavy atom. The van der Waals surface area contributed by atoms with Crippen molar-refractivity contribution in [1.29, 1.82) is 0 Å². The summed E-state index contributed by atoms with van der Waals surface area (Å²) in [5, 5.41) is 11.7. The number of benzene rings is 3. The van der Waals surface area contributed by atoms with Crippen LogP contribution in [0.3, 0.4) is 0 Å². The van der Waals surface area contributed by atoms with E-state index in [0.29, 0.717) is 63.2 Å². The SMILES string of the molecule is CN(C)C(=O)N[C@H](C(=O)N1CCCC1C(=O)Nc1ccc(CN(Cc2ccc(NC(=O)[C@@H]3CCCN3C(=O)[C@@H](NC(=O)N(C)C)C(C)(C)C)cc2)c2ccccc2)cc1)C(C)(C)C. The van der Waals surface area contributed by atoms with Crippen molar-refractivity contribution in [3.05, 3.63) is 90.0 Å². The normalized spacial score (nSPS) is 17.3. The van der Waals surface area contributed by atoms with Crippen molar-refractivity contribution >= 4 is 52.8 Å². The Bertz CT molecular complexity index is 1950.